The van der Waals surface area contributed by atoms with E-state index in [1.54, 1.807) is 0 Å². The fraction of sp³-hybridized carbons (Fsp3) is 0.214. The zero-order chi connectivity index (χ0) is 12.3. The smallest absolute Gasteiger partial charge is 0.125 e. The van der Waals surface area contributed by atoms with Gasteiger partial charge in [-0.05, 0) is 37.1 Å². The summed E-state index contributed by atoms with van der Waals surface area (Å²) in [5.74, 6) is 1.58. The minimum absolute atomic E-state index is 0. The van der Waals surface area contributed by atoms with Gasteiger partial charge in [0, 0.05) is 39.4 Å². The third kappa shape index (κ3) is 3.64. The van der Waals surface area contributed by atoms with Crippen molar-refractivity contribution in [2.75, 3.05) is 0 Å². The van der Waals surface area contributed by atoms with Gasteiger partial charge in [0.05, 0.1) is 5.75 Å². The zero-order valence-corrected chi connectivity index (χ0v) is 13.4. The van der Waals surface area contributed by atoms with Gasteiger partial charge in [0.2, 0.25) is 0 Å². The Kier molecular flexibility index (Phi) is 5.48. The maximum atomic E-state index is 4.96. The Bertz CT molecular complexity index is 529. The third-order valence-electron chi connectivity index (χ3n) is 2.66. The van der Waals surface area contributed by atoms with Gasteiger partial charge >= 0.3 is 0 Å². The predicted molar refractivity (Wildman–Crippen MR) is 66.7 cm³/mol. The van der Waals surface area contributed by atoms with Crippen molar-refractivity contribution >= 4 is 0 Å². The van der Waals surface area contributed by atoms with Crippen molar-refractivity contribution in [3.8, 4) is 5.75 Å². The van der Waals surface area contributed by atoms with Gasteiger partial charge in [-0.15, -0.1) is 0 Å². The molecule has 0 saturated carbocycles. The van der Waals surface area contributed by atoms with Crippen LogP contribution in [0.4, 0.5) is 0 Å². The third-order valence-corrected chi connectivity index (χ3v) is 2.66. The fourth-order valence-electron chi connectivity index (χ4n) is 1.75. The maximum absolute atomic E-state index is 4.96. The Balaban J connectivity index is 0.00000162. The number of benzene rings is 1. The molecule has 1 aromatic heterocycles. The fourth-order valence-corrected chi connectivity index (χ4v) is 1.75. The number of hydrogen-bond donors (Lipinski definition) is 0. The Morgan fingerprint density at radius 3 is 2.72 bits per heavy atom. The van der Waals surface area contributed by atoms with Gasteiger partial charge in [0.1, 0.15) is 5.82 Å². The second kappa shape index (κ2) is 6.65. The minimum atomic E-state index is 0. The van der Waals surface area contributed by atoms with Crippen LogP contribution in [0.5, 0.6) is 5.75 Å². The van der Waals surface area contributed by atoms with E-state index in [4.69, 9.17) is 4.74 Å². The summed E-state index contributed by atoms with van der Waals surface area (Å²) in [6, 6.07) is 7.88. The van der Waals surface area contributed by atoms with Gasteiger partial charge in [-0.25, -0.2) is 9.97 Å². The minimum Gasteiger partial charge on any atom is -0.665 e. The summed E-state index contributed by atoms with van der Waals surface area (Å²) in [7, 11) is 3.41. The summed E-state index contributed by atoms with van der Waals surface area (Å²) < 4.78 is 4.96. The molecule has 0 radical (unpaired) electrons. The van der Waals surface area contributed by atoms with E-state index in [1.165, 1.54) is 5.56 Å². The van der Waals surface area contributed by atoms with Gasteiger partial charge in [0.15, 0.2) is 0 Å². The number of aromatic nitrogens is 2. The molecule has 0 N–H and O–H groups in total. The first-order valence-corrected chi connectivity index (χ1v) is 5.49. The van der Waals surface area contributed by atoms with Crippen molar-refractivity contribution in [2.45, 2.75) is 20.3 Å². The number of aryl methyl sites for hydroxylation is 2. The summed E-state index contributed by atoms with van der Waals surface area (Å²) in [6.45, 7) is 3.90. The Hall–Kier alpha value is -1.21. The molecule has 3 nitrogen and oxygen atoms in total. The molecule has 0 aliphatic carbocycles. The molecule has 0 amide bonds. The quantitative estimate of drug-likeness (QED) is 0.729. The molecule has 4 heteroatoms. The molecule has 2 rings (SSSR count). The van der Waals surface area contributed by atoms with Gasteiger partial charge < -0.3 is 4.74 Å². The number of ether oxygens (including phenoxy) is 1. The van der Waals surface area contributed by atoms with E-state index in [1.807, 2.05) is 38.2 Å². The summed E-state index contributed by atoms with van der Waals surface area (Å²) in [5, 5.41) is 0. The van der Waals surface area contributed by atoms with Crippen molar-refractivity contribution in [3.63, 3.8) is 0 Å². The molecule has 94 valence electrons. The van der Waals surface area contributed by atoms with Crippen LogP contribution in [0.2, 0.25) is 0 Å². The second-order valence-corrected chi connectivity index (χ2v) is 4.00. The Labute approximate surface area is 122 Å². The van der Waals surface area contributed by atoms with E-state index < -0.39 is 0 Å². The van der Waals surface area contributed by atoms with Gasteiger partial charge in [0.25, 0.3) is 0 Å². The molecule has 0 saturated heterocycles. The molecule has 0 aliphatic rings. The largest absolute Gasteiger partial charge is 0.665 e. The molecule has 0 atom stereocenters. The van der Waals surface area contributed by atoms with E-state index in [0.29, 0.717) is 0 Å². The normalized spacial score (nSPS) is 9.72. The predicted octanol–water partition coefficient (Wildman–Crippen LogP) is 2.85. The Morgan fingerprint density at radius 1 is 1.28 bits per heavy atom. The van der Waals surface area contributed by atoms with E-state index in [0.717, 1.165) is 29.3 Å². The van der Waals surface area contributed by atoms with Crippen LogP contribution in [-0.2, 0) is 27.5 Å². The molecule has 0 bridgehead atoms. The number of rotatable bonds is 3. The molecular formula is C14H15N2OW-. The first kappa shape index (κ1) is 14.8. The van der Waals surface area contributed by atoms with Crippen LogP contribution in [0.1, 0.15) is 22.6 Å². The van der Waals surface area contributed by atoms with Crippen LogP contribution in [-0.4, -0.2) is 9.97 Å². The molecule has 18 heavy (non-hydrogen) atoms. The SMILES string of the molecule is [CH2-]Oc1cccc(Cc2cnc(C)nc2C)c1.[W]. The van der Waals surface area contributed by atoms with Crippen molar-refractivity contribution in [1.82, 2.24) is 9.97 Å². The molecule has 1 aromatic carbocycles. The van der Waals surface area contributed by atoms with Crippen LogP contribution in [0.3, 0.4) is 0 Å². The molecule has 0 aliphatic heterocycles. The molecule has 2 aromatic rings. The van der Waals surface area contributed by atoms with Gasteiger partial charge in [-0.3, -0.25) is 0 Å². The first-order chi connectivity index (χ1) is 8.19. The summed E-state index contributed by atoms with van der Waals surface area (Å²) in [6.07, 6.45) is 2.69. The van der Waals surface area contributed by atoms with Crippen molar-refractivity contribution < 1.29 is 25.8 Å². The van der Waals surface area contributed by atoms with E-state index in [-0.39, 0.29) is 21.1 Å². The van der Waals surface area contributed by atoms with Crippen molar-refractivity contribution in [2.24, 2.45) is 0 Å². The number of hydrogen-bond acceptors (Lipinski definition) is 3. The molecule has 1 heterocycles. The standard InChI is InChI=1S/C14H15N2O.W/c1-10-13(9-15-11(2)16-10)7-12-5-4-6-14(8-12)17-3;/h4-6,8-9H,3,7H2,1-2H3;/q-1;. The summed E-state index contributed by atoms with van der Waals surface area (Å²) in [5.41, 5.74) is 3.33. The average molecular weight is 411 g/mol. The van der Waals surface area contributed by atoms with Crippen LogP contribution >= 0.6 is 0 Å². The van der Waals surface area contributed by atoms with E-state index in [9.17, 15) is 0 Å². The summed E-state index contributed by atoms with van der Waals surface area (Å²) in [4.78, 5) is 8.58. The zero-order valence-electron chi connectivity index (χ0n) is 10.5. The van der Waals surface area contributed by atoms with Crippen molar-refractivity contribution in [3.05, 3.63) is 60.2 Å². The Morgan fingerprint density at radius 2 is 2.06 bits per heavy atom. The molecule has 0 fully saturated rings. The monoisotopic (exact) mass is 411 g/mol. The molecular weight excluding hydrogens is 396 g/mol. The maximum Gasteiger partial charge on any atom is 0.125 e. The van der Waals surface area contributed by atoms with Crippen LogP contribution < -0.4 is 4.74 Å². The number of nitrogens with zero attached hydrogens (tertiary/aromatic N) is 2. The second-order valence-electron chi connectivity index (χ2n) is 4.00. The molecule has 0 spiro atoms. The van der Waals surface area contributed by atoms with Crippen molar-refractivity contribution in [1.29, 1.82) is 0 Å². The van der Waals surface area contributed by atoms with Gasteiger partial charge in [-0.1, -0.05) is 12.1 Å². The van der Waals surface area contributed by atoms with E-state index >= 15 is 0 Å². The van der Waals surface area contributed by atoms with Crippen LogP contribution in [0.25, 0.3) is 0 Å². The van der Waals surface area contributed by atoms with Crippen LogP contribution in [0.15, 0.2) is 30.5 Å². The first-order valence-electron chi connectivity index (χ1n) is 5.49. The molecule has 0 unspecified atom stereocenters. The van der Waals surface area contributed by atoms with Crippen LogP contribution in [0, 0.1) is 21.0 Å². The topological polar surface area (TPSA) is 35.0 Å². The van der Waals surface area contributed by atoms with Gasteiger partial charge in [-0.2, -0.15) is 7.11 Å². The van der Waals surface area contributed by atoms with E-state index in [2.05, 4.69) is 23.1 Å². The average Bonchev–Trinajstić information content (AvgIpc) is 2.33. The summed E-state index contributed by atoms with van der Waals surface area (Å²) >= 11 is 0.